The quantitative estimate of drug-likeness (QED) is 0.548. The van der Waals surface area contributed by atoms with Crippen molar-refractivity contribution < 1.29 is 4.79 Å². The van der Waals surface area contributed by atoms with Gasteiger partial charge in [0, 0.05) is 31.9 Å². The lowest BCUT2D eigenvalue weighted by Gasteiger charge is -2.38. The molecule has 6 rings (SSSR count). The minimum atomic E-state index is -0.169. The van der Waals surface area contributed by atoms with E-state index in [9.17, 15) is 4.79 Å². The molecular weight excluding hydrogens is 406 g/mol. The fourth-order valence-corrected chi connectivity index (χ4v) is 6.31. The molecule has 1 atom stereocenters. The Morgan fingerprint density at radius 1 is 0.968 bits per heavy atom. The zero-order valence-electron chi connectivity index (χ0n) is 17.5. The van der Waals surface area contributed by atoms with Crippen molar-refractivity contribution in [2.45, 2.75) is 35.8 Å². The Kier molecular flexibility index (Phi) is 6.47. The Hall–Kier alpha value is -2.98. The summed E-state index contributed by atoms with van der Waals surface area (Å²) >= 11 is 1.93. The molecule has 0 radical (unpaired) electrons. The average Bonchev–Trinajstić information content (AvgIpc) is 3.56. The number of benzene rings is 1. The number of hydrogen-bond acceptors (Lipinski definition) is 5. The van der Waals surface area contributed by atoms with Crippen LogP contribution in [0.4, 0.5) is 5.82 Å². The van der Waals surface area contributed by atoms with E-state index in [1.807, 2.05) is 71.0 Å². The molecule has 2 aromatic heterocycles. The summed E-state index contributed by atoms with van der Waals surface area (Å²) in [4.78, 5) is 21.6. The van der Waals surface area contributed by atoms with Crippen LogP contribution in [-0.4, -0.2) is 55.2 Å². The number of amides is 1. The Balaban J connectivity index is 0.000000248. The van der Waals surface area contributed by atoms with Crippen molar-refractivity contribution in [2.24, 2.45) is 0 Å². The molecule has 3 saturated heterocycles. The average molecular weight is 434 g/mol. The third kappa shape index (κ3) is 4.13. The van der Waals surface area contributed by atoms with Crippen molar-refractivity contribution >= 4 is 29.1 Å². The third-order valence-electron chi connectivity index (χ3n) is 6.04. The van der Waals surface area contributed by atoms with E-state index in [4.69, 9.17) is 0 Å². The van der Waals surface area contributed by atoms with Gasteiger partial charge in [-0.2, -0.15) is 9.61 Å². The minimum Gasteiger partial charge on any atom is -0.356 e. The standard InChI is InChI=1S/C16H19N5OS.C6H6.C2H2/c22-15-16(23-14-2-1-9-20(14)15)5-10-19(11-6-16)13-4-7-17-12-3-8-18-21(12)13;1-2-4-6-5-3-1;1-2/h3-4,7-8,14H,1-2,5-6,9-11H2;1-6H;1-2H/t14-;;/m0../s1. The van der Waals surface area contributed by atoms with Gasteiger partial charge in [0.25, 0.3) is 0 Å². The summed E-state index contributed by atoms with van der Waals surface area (Å²) in [5.74, 6) is 1.47. The maximum atomic E-state index is 12.8. The number of thioether (sulfide) groups is 1. The number of carbonyl (C=O) groups excluding carboxylic acids is 1. The number of terminal acetylenes is 1. The number of fused-ring (bicyclic) bond motifs is 2. The van der Waals surface area contributed by atoms with E-state index < -0.39 is 0 Å². The second-order valence-corrected chi connectivity index (χ2v) is 9.31. The van der Waals surface area contributed by atoms with Crippen molar-refractivity contribution in [3.63, 3.8) is 0 Å². The van der Waals surface area contributed by atoms with Gasteiger partial charge < -0.3 is 9.80 Å². The molecule has 31 heavy (non-hydrogen) atoms. The SMILES string of the molecule is C#C.O=C1N2CCC[C@@H]2SC12CCN(c1ccnc3ccnn13)CC2.c1ccccc1. The largest absolute Gasteiger partial charge is 0.356 e. The van der Waals surface area contributed by atoms with E-state index in [1.54, 1.807) is 6.20 Å². The fourth-order valence-electron chi connectivity index (χ4n) is 4.54. The van der Waals surface area contributed by atoms with Crippen molar-refractivity contribution in [3.8, 4) is 12.8 Å². The van der Waals surface area contributed by atoms with Gasteiger partial charge in [0.15, 0.2) is 5.65 Å². The fraction of sp³-hybridized carbons (Fsp3) is 0.375. The van der Waals surface area contributed by atoms with E-state index in [-0.39, 0.29) is 4.75 Å². The number of nitrogens with zero attached hydrogens (tertiary/aromatic N) is 5. The molecule has 0 N–H and O–H groups in total. The first kappa shape index (κ1) is 21.3. The van der Waals surface area contributed by atoms with Crippen LogP contribution in [0, 0.1) is 12.8 Å². The Labute approximate surface area is 187 Å². The predicted octanol–water partition coefficient (Wildman–Crippen LogP) is 3.70. The Bertz CT molecular complexity index is 999. The first-order chi connectivity index (χ1) is 15.3. The normalized spacial score (nSPS) is 21.2. The minimum absolute atomic E-state index is 0.169. The highest BCUT2D eigenvalue weighted by Gasteiger charge is 2.54. The van der Waals surface area contributed by atoms with Crippen LogP contribution in [0.25, 0.3) is 5.65 Å². The molecule has 6 nitrogen and oxygen atoms in total. The van der Waals surface area contributed by atoms with Crippen LogP contribution < -0.4 is 4.90 Å². The molecule has 0 aliphatic carbocycles. The smallest absolute Gasteiger partial charge is 0.239 e. The lowest BCUT2D eigenvalue weighted by molar-refractivity contribution is -0.132. The molecule has 3 aliphatic rings. The monoisotopic (exact) mass is 433 g/mol. The maximum absolute atomic E-state index is 12.8. The first-order valence-electron chi connectivity index (χ1n) is 10.6. The van der Waals surface area contributed by atoms with Crippen molar-refractivity contribution in [3.05, 3.63) is 60.9 Å². The Morgan fingerprint density at radius 2 is 1.65 bits per heavy atom. The summed E-state index contributed by atoms with van der Waals surface area (Å²) in [7, 11) is 0. The van der Waals surface area contributed by atoms with E-state index in [0.717, 1.165) is 43.9 Å². The molecule has 3 aromatic rings. The van der Waals surface area contributed by atoms with Crippen molar-refractivity contribution in [1.82, 2.24) is 19.5 Å². The first-order valence-corrected chi connectivity index (χ1v) is 11.5. The number of aromatic nitrogens is 3. The van der Waals surface area contributed by atoms with Crippen LogP contribution in [0.3, 0.4) is 0 Å². The molecule has 1 amide bonds. The van der Waals surface area contributed by atoms with Gasteiger partial charge in [-0.25, -0.2) is 4.98 Å². The molecule has 0 unspecified atom stereocenters. The lowest BCUT2D eigenvalue weighted by atomic mass is 9.94. The molecule has 1 spiro atoms. The zero-order valence-corrected chi connectivity index (χ0v) is 18.3. The summed E-state index contributed by atoms with van der Waals surface area (Å²) in [5.41, 5.74) is 0.870. The topological polar surface area (TPSA) is 53.7 Å². The van der Waals surface area contributed by atoms with Crippen molar-refractivity contribution in [2.75, 3.05) is 24.5 Å². The number of anilines is 1. The van der Waals surface area contributed by atoms with Crippen molar-refractivity contribution in [1.29, 1.82) is 0 Å². The summed E-state index contributed by atoms with van der Waals surface area (Å²) in [5, 5.41) is 4.81. The Morgan fingerprint density at radius 3 is 2.29 bits per heavy atom. The van der Waals surface area contributed by atoms with Gasteiger partial charge in [0.1, 0.15) is 5.82 Å². The maximum Gasteiger partial charge on any atom is 0.239 e. The summed E-state index contributed by atoms with van der Waals surface area (Å²) < 4.78 is 1.72. The second kappa shape index (κ2) is 9.44. The van der Waals surface area contributed by atoms with Gasteiger partial charge in [-0.05, 0) is 31.7 Å². The number of hydrogen-bond donors (Lipinski definition) is 0. The van der Waals surface area contributed by atoms with Crippen LogP contribution in [0.15, 0.2) is 60.9 Å². The summed E-state index contributed by atoms with van der Waals surface area (Å²) in [6, 6.07) is 15.9. The summed E-state index contributed by atoms with van der Waals surface area (Å²) in [6.07, 6.45) is 15.8. The molecule has 3 fully saturated rings. The van der Waals surface area contributed by atoms with E-state index in [1.165, 1.54) is 12.8 Å². The van der Waals surface area contributed by atoms with Gasteiger partial charge >= 0.3 is 0 Å². The zero-order chi connectivity index (χ0) is 21.7. The molecule has 7 heteroatoms. The van der Waals surface area contributed by atoms with Crippen LogP contribution in [-0.2, 0) is 4.79 Å². The van der Waals surface area contributed by atoms with E-state index >= 15 is 0 Å². The number of rotatable bonds is 1. The highest BCUT2D eigenvalue weighted by molar-refractivity contribution is 8.02. The van der Waals surface area contributed by atoms with Crippen LogP contribution in [0.1, 0.15) is 25.7 Å². The van der Waals surface area contributed by atoms with E-state index in [2.05, 4.69) is 32.7 Å². The molecule has 5 heterocycles. The van der Waals surface area contributed by atoms with Gasteiger partial charge in [-0.3, -0.25) is 4.79 Å². The molecule has 3 aliphatic heterocycles. The molecule has 0 bridgehead atoms. The second-order valence-electron chi connectivity index (χ2n) is 7.75. The molecule has 0 saturated carbocycles. The lowest BCUT2D eigenvalue weighted by Crippen LogP contribution is -2.48. The highest BCUT2D eigenvalue weighted by atomic mass is 32.2. The van der Waals surface area contributed by atoms with Crippen LogP contribution in [0.2, 0.25) is 0 Å². The van der Waals surface area contributed by atoms with Gasteiger partial charge in [-0.1, -0.05) is 36.4 Å². The van der Waals surface area contributed by atoms with Gasteiger partial charge in [0.2, 0.25) is 5.91 Å². The highest BCUT2D eigenvalue weighted by Crippen LogP contribution is 2.50. The molecule has 160 valence electrons. The van der Waals surface area contributed by atoms with Crippen LogP contribution in [0.5, 0.6) is 0 Å². The van der Waals surface area contributed by atoms with Gasteiger partial charge in [0.05, 0.1) is 16.3 Å². The summed E-state index contributed by atoms with van der Waals surface area (Å²) in [6.45, 7) is 2.76. The third-order valence-corrected chi connectivity index (χ3v) is 7.84. The number of piperidine rings is 1. The number of carbonyl (C=O) groups is 1. The predicted molar refractivity (Wildman–Crippen MR) is 126 cm³/mol. The van der Waals surface area contributed by atoms with E-state index in [0.29, 0.717) is 11.3 Å². The molecular formula is C24H27N5OS. The van der Waals surface area contributed by atoms with Crippen LogP contribution >= 0.6 is 11.8 Å². The molecule has 1 aromatic carbocycles. The van der Waals surface area contributed by atoms with Gasteiger partial charge in [-0.15, -0.1) is 24.6 Å².